The van der Waals surface area contributed by atoms with Crippen molar-refractivity contribution in [2.24, 2.45) is 0 Å². The topological polar surface area (TPSA) is 32.3 Å². The summed E-state index contributed by atoms with van der Waals surface area (Å²) in [4.78, 5) is 14.7. The first-order valence-corrected chi connectivity index (χ1v) is 8.47. The van der Waals surface area contributed by atoms with E-state index in [1.165, 1.54) is 12.0 Å². The minimum atomic E-state index is 0.0720. The second kappa shape index (κ2) is 7.42. The first-order chi connectivity index (χ1) is 11.3. The van der Waals surface area contributed by atoms with Gasteiger partial charge in [0.05, 0.1) is 0 Å². The molecular formula is C20H24N2O. The summed E-state index contributed by atoms with van der Waals surface area (Å²) in [7, 11) is 0. The van der Waals surface area contributed by atoms with Crippen molar-refractivity contribution < 1.29 is 4.79 Å². The molecule has 1 N–H and O–H groups in total. The van der Waals surface area contributed by atoms with Gasteiger partial charge in [-0.2, -0.15) is 0 Å². The monoisotopic (exact) mass is 308 g/mol. The highest BCUT2D eigenvalue weighted by molar-refractivity contribution is 6.06. The van der Waals surface area contributed by atoms with E-state index in [0.29, 0.717) is 5.92 Å². The first-order valence-electron chi connectivity index (χ1n) is 8.47. The zero-order valence-corrected chi connectivity index (χ0v) is 13.7. The Morgan fingerprint density at radius 1 is 1.13 bits per heavy atom. The van der Waals surface area contributed by atoms with Crippen LogP contribution in [0.15, 0.2) is 54.6 Å². The minimum absolute atomic E-state index is 0.0720. The summed E-state index contributed by atoms with van der Waals surface area (Å²) < 4.78 is 0. The molecule has 1 unspecified atom stereocenters. The van der Waals surface area contributed by atoms with E-state index in [-0.39, 0.29) is 5.91 Å². The number of amides is 1. The fourth-order valence-corrected chi connectivity index (χ4v) is 3.17. The molecule has 1 saturated heterocycles. The lowest BCUT2D eigenvalue weighted by Crippen LogP contribution is -2.31. The molecule has 0 aliphatic carbocycles. The van der Waals surface area contributed by atoms with Crippen LogP contribution in [0.1, 0.15) is 41.6 Å². The van der Waals surface area contributed by atoms with E-state index < -0.39 is 0 Å². The van der Waals surface area contributed by atoms with Crippen LogP contribution < -0.4 is 10.2 Å². The van der Waals surface area contributed by atoms with E-state index >= 15 is 0 Å². The molecule has 3 rings (SSSR count). The Morgan fingerprint density at radius 2 is 1.87 bits per heavy atom. The lowest BCUT2D eigenvalue weighted by Gasteiger charge is -2.23. The maximum atomic E-state index is 12.8. The molecule has 0 aromatic heterocycles. The van der Waals surface area contributed by atoms with E-state index in [4.69, 9.17) is 0 Å². The summed E-state index contributed by atoms with van der Waals surface area (Å²) in [6.07, 6.45) is 2.13. The number of hydrogen-bond donors (Lipinski definition) is 1. The highest BCUT2D eigenvalue weighted by Crippen LogP contribution is 2.25. The number of carbonyl (C=O) groups excluding carboxylic acids is 1. The van der Waals surface area contributed by atoms with Crippen LogP contribution in [0.2, 0.25) is 0 Å². The molecule has 1 aliphatic heterocycles. The average Bonchev–Trinajstić information content (AvgIpc) is 3.15. The third kappa shape index (κ3) is 3.62. The summed E-state index contributed by atoms with van der Waals surface area (Å²) in [5.41, 5.74) is 3.09. The maximum absolute atomic E-state index is 12.8. The summed E-state index contributed by atoms with van der Waals surface area (Å²) in [5, 5.41) is 3.40. The van der Waals surface area contributed by atoms with E-state index in [9.17, 15) is 4.79 Å². The van der Waals surface area contributed by atoms with Gasteiger partial charge in [-0.3, -0.25) is 4.79 Å². The van der Waals surface area contributed by atoms with E-state index in [1.54, 1.807) is 0 Å². The number of nitrogens with one attached hydrogen (secondary N) is 1. The van der Waals surface area contributed by atoms with Crippen molar-refractivity contribution >= 4 is 11.6 Å². The third-order valence-electron chi connectivity index (χ3n) is 4.45. The number of hydrogen-bond acceptors (Lipinski definition) is 2. The Bertz CT molecular complexity index is 630. The molecule has 0 bridgehead atoms. The molecule has 1 atom stereocenters. The van der Waals surface area contributed by atoms with Crippen molar-refractivity contribution in [3.05, 3.63) is 65.7 Å². The minimum Gasteiger partial charge on any atom is -0.316 e. The normalized spacial score (nSPS) is 17.2. The van der Waals surface area contributed by atoms with Crippen LogP contribution in [0.5, 0.6) is 0 Å². The Kier molecular flexibility index (Phi) is 5.09. The number of nitrogens with zero attached hydrogens (tertiary/aromatic N) is 1. The molecule has 0 radical (unpaired) electrons. The molecule has 0 saturated carbocycles. The Labute approximate surface area is 138 Å². The average molecular weight is 308 g/mol. The van der Waals surface area contributed by atoms with Crippen LogP contribution in [0.3, 0.4) is 0 Å². The molecule has 2 aromatic rings. The number of anilines is 1. The number of benzene rings is 2. The Hall–Kier alpha value is -2.13. The largest absolute Gasteiger partial charge is 0.316 e. The third-order valence-corrected chi connectivity index (χ3v) is 4.45. The van der Waals surface area contributed by atoms with Crippen LogP contribution >= 0.6 is 0 Å². The van der Waals surface area contributed by atoms with Gasteiger partial charge in [-0.25, -0.2) is 0 Å². The van der Waals surface area contributed by atoms with Crippen LogP contribution in [0, 0.1) is 0 Å². The highest BCUT2D eigenvalue weighted by Gasteiger charge is 2.19. The van der Waals surface area contributed by atoms with Crippen LogP contribution in [0.4, 0.5) is 5.69 Å². The van der Waals surface area contributed by atoms with Gasteiger partial charge in [0, 0.05) is 24.3 Å². The second-order valence-corrected chi connectivity index (χ2v) is 6.10. The van der Waals surface area contributed by atoms with E-state index in [2.05, 4.69) is 36.5 Å². The fourth-order valence-electron chi connectivity index (χ4n) is 3.17. The van der Waals surface area contributed by atoms with Gasteiger partial charge < -0.3 is 10.2 Å². The molecular weight excluding hydrogens is 284 g/mol. The fraction of sp³-hybridized carbons (Fsp3) is 0.350. The van der Waals surface area contributed by atoms with Crippen molar-refractivity contribution in [2.45, 2.75) is 25.7 Å². The molecule has 0 spiro atoms. The Balaban J connectivity index is 1.81. The van der Waals surface area contributed by atoms with Crippen LogP contribution in [-0.4, -0.2) is 25.5 Å². The predicted molar refractivity (Wildman–Crippen MR) is 95.1 cm³/mol. The SMILES string of the molecule is CCCN(C(=O)c1ccccc1)c1ccc(C2CCNC2)cc1. The maximum Gasteiger partial charge on any atom is 0.258 e. The molecule has 120 valence electrons. The van der Waals surface area contributed by atoms with Crippen molar-refractivity contribution in [2.75, 3.05) is 24.5 Å². The summed E-state index contributed by atoms with van der Waals surface area (Å²) >= 11 is 0. The molecule has 1 heterocycles. The quantitative estimate of drug-likeness (QED) is 0.910. The molecule has 3 heteroatoms. The van der Waals surface area contributed by atoms with Gasteiger partial charge in [-0.15, -0.1) is 0 Å². The predicted octanol–water partition coefficient (Wildman–Crippen LogP) is 3.82. The summed E-state index contributed by atoms with van der Waals surface area (Å²) in [5.74, 6) is 0.677. The Morgan fingerprint density at radius 3 is 2.48 bits per heavy atom. The van der Waals surface area contributed by atoms with Gasteiger partial charge in [0.25, 0.3) is 5.91 Å². The van der Waals surface area contributed by atoms with Crippen LogP contribution in [0.25, 0.3) is 0 Å². The lowest BCUT2D eigenvalue weighted by atomic mass is 9.98. The van der Waals surface area contributed by atoms with Crippen molar-refractivity contribution in [1.29, 1.82) is 0 Å². The van der Waals surface area contributed by atoms with E-state index in [0.717, 1.165) is 37.3 Å². The van der Waals surface area contributed by atoms with E-state index in [1.807, 2.05) is 35.2 Å². The summed E-state index contributed by atoms with van der Waals surface area (Å²) in [6, 6.07) is 18.0. The molecule has 23 heavy (non-hydrogen) atoms. The lowest BCUT2D eigenvalue weighted by molar-refractivity contribution is 0.0987. The molecule has 1 amide bonds. The molecule has 1 fully saturated rings. The highest BCUT2D eigenvalue weighted by atomic mass is 16.2. The standard InChI is InChI=1S/C20H24N2O/c1-2-14-22(20(23)17-6-4-3-5-7-17)19-10-8-16(9-11-19)18-12-13-21-15-18/h3-11,18,21H,2,12-15H2,1H3. The van der Waals surface area contributed by atoms with Gasteiger partial charge in [-0.1, -0.05) is 37.3 Å². The zero-order valence-electron chi connectivity index (χ0n) is 13.7. The van der Waals surface area contributed by atoms with Crippen molar-refractivity contribution in [3.63, 3.8) is 0 Å². The molecule has 2 aromatic carbocycles. The van der Waals surface area contributed by atoms with Crippen molar-refractivity contribution in [3.8, 4) is 0 Å². The van der Waals surface area contributed by atoms with Gasteiger partial charge >= 0.3 is 0 Å². The second-order valence-electron chi connectivity index (χ2n) is 6.10. The molecule has 1 aliphatic rings. The van der Waals surface area contributed by atoms with Gasteiger partial charge in [0.2, 0.25) is 0 Å². The molecule has 3 nitrogen and oxygen atoms in total. The van der Waals surface area contributed by atoms with Gasteiger partial charge in [0.1, 0.15) is 0 Å². The van der Waals surface area contributed by atoms with Crippen LogP contribution in [-0.2, 0) is 0 Å². The zero-order chi connectivity index (χ0) is 16.1. The smallest absolute Gasteiger partial charge is 0.258 e. The van der Waals surface area contributed by atoms with Gasteiger partial charge in [0.15, 0.2) is 0 Å². The summed E-state index contributed by atoms with van der Waals surface area (Å²) in [6.45, 7) is 4.99. The number of rotatable bonds is 5. The van der Waals surface area contributed by atoms with Crippen molar-refractivity contribution in [1.82, 2.24) is 5.32 Å². The van der Waals surface area contributed by atoms with Gasteiger partial charge in [-0.05, 0) is 55.1 Å². The first kappa shape index (κ1) is 15.8. The number of carbonyl (C=O) groups is 1.